The van der Waals surface area contributed by atoms with E-state index in [4.69, 9.17) is 9.15 Å². The second-order valence-corrected chi connectivity index (χ2v) is 4.71. The molecule has 0 bridgehead atoms. The molecule has 0 aromatic carbocycles. The SMILES string of the molecule is CC(NC(=O)c1ccco1)C(=O)OC(C)(C)C. The van der Waals surface area contributed by atoms with E-state index in [1.54, 1.807) is 33.8 Å². The van der Waals surface area contributed by atoms with Crippen LogP contribution in [-0.4, -0.2) is 23.5 Å². The molecule has 1 N–H and O–H groups in total. The molecule has 1 atom stereocenters. The topological polar surface area (TPSA) is 68.5 Å². The summed E-state index contributed by atoms with van der Waals surface area (Å²) in [5.41, 5.74) is -0.569. The fourth-order valence-corrected chi connectivity index (χ4v) is 1.12. The van der Waals surface area contributed by atoms with E-state index in [-0.39, 0.29) is 5.76 Å². The van der Waals surface area contributed by atoms with Crippen LogP contribution in [-0.2, 0) is 9.53 Å². The molecule has 0 fully saturated rings. The standard InChI is InChI=1S/C12H17NO4/c1-8(11(15)17-12(2,3)4)13-10(14)9-6-5-7-16-9/h5-8H,1-4H3,(H,13,14). The first kappa shape index (κ1) is 13.3. The average Bonchev–Trinajstić information content (AvgIpc) is 2.67. The fourth-order valence-electron chi connectivity index (χ4n) is 1.12. The molecule has 0 saturated carbocycles. The van der Waals surface area contributed by atoms with Crippen molar-refractivity contribution in [2.24, 2.45) is 0 Å². The molecule has 1 unspecified atom stereocenters. The summed E-state index contributed by atoms with van der Waals surface area (Å²) in [5.74, 6) is -0.744. The zero-order chi connectivity index (χ0) is 13.1. The number of carbonyl (C=O) groups excluding carboxylic acids is 2. The molecule has 0 aliphatic rings. The maximum atomic E-state index is 11.6. The average molecular weight is 239 g/mol. The Balaban J connectivity index is 2.52. The van der Waals surface area contributed by atoms with Crippen LogP contribution in [0.4, 0.5) is 0 Å². The van der Waals surface area contributed by atoms with Crippen molar-refractivity contribution in [2.75, 3.05) is 0 Å². The van der Waals surface area contributed by atoms with Gasteiger partial charge in [-0.25, -0.2) is 4.79 Å². The molecule has 1 aromatic heterocycles. The van der Waals surface area contributed by atoms with Gasteiger partial charge in [-0.1, -0.05) is 0 Å². The van der Waals surface area contributed by atoms with E-state index in [0.717, 1.165) is 0 Å². The normalized spacial score (nSPS) is 12.9. The molecule has 5 nitrogen and oxygen atoms in total. The van der Waals surface area contributed by atoms with Crippen LogP contribution in [0, 0.1) is 0 Å². The third-order valence-corrected chi connectivity index (χ3v) is 1.85. The van der Waals surface area contributed by atoms with Crippen molar-refractivity contribution in [1.82, 2.24) is 5.32 Å². The first-order valence-electron chi connectivity index (χ1n) is 5.37. The smallest absolute Gasteiger partial charge is 0.328 e. The van der Waals surface area contributed by atoms with Gasteiger partial charge in [-0.2, -0.15) is 0 Å². The van der Waals surface area contributed by atoms with Gasteiger partial charge in [0, 0.05) is 0 Å². The van der Waals surface area contributed by atoms with Gasteiger partial charge in [-0.3, -0.25) is 4.79 Å². The number of ether oxygens (including phenoxy) is 1. The van der Waals surface area contributed by atoms with Gasteiger partial charge >= 0.3 is 5.97 Å². The van der Waals surface area contributed by atoms with Crippen LogP contribution in [0.5, 0.6) is 0 Å². The Morgan fingerprint density at radius 1 is 1.41 bits per heavy atom. The van der Waals surface area contributed by atoms with Crippen LogP contribution >= 0.6 is 0 Å². The lowest BCUT2D eigenvalue weighted by Crippen LogP contribution is -2.42. The minimum Gasteiger partial charge on any atom is -0.459 e. The highest BCUT2D eigenvalue weighted by molar-refractivity contribution is 5.94. The summed E-state index contributed by atoms with van der Waals surface area (Å²) in [4.78, 5) is 23.2. The summed E-state index contributed by atoms with van der Waals surface area (Å²) in [5, 5.41) is 2.50. The van der Waals surface area contributed by atoms with E-state index in [9.17, 15) is 9.59 Å². The van der Waals surface area contributed by atoms with Crippen LogP contribution in [0.15, 0.2) is 22.8 Å². The molecule has 1 aromatic rings. The quantitative estimate of drug-likeness (QED) is 0.816. The highest BCUT2D eigenvalue weighted by atomic mass is 16.6. The number of amides is 1. The Kier molecular flexibility index (Phi) is 3.93. The second kappa shape index (κ2) is 5.03. The summed E-state index contributed by atoms with van der Waals surface area (Å²) < 4.78 is 10.0. The Hall–Kier alpha value is -1.78. The summed E-state index contributed by atoms with van der Waals surface area (Å²) in [6.07, 6.45) is 1.40. The number of carbonyl (C=O) groups is 2. The molecule has 1 heterocycles. The minimum absolute atomic E-state index is 0.167. The van der Waals surface area contributed by atoms with Crippen molar-refractivity contribution in [3.63, 3.8) is 0 Å². The molecule has 0 saturated heterocycles. The van der Waals surface area contributed by atoms with E-state index in [2.05, 4.69) is 5.32 Å². The number of rotatable bonds is 3. The van der Waals surface area contributed by atoms with Crippen LogP contribution in [0.1, 0.15) is 38.2 Å². The first-order valence-corrected chi connectivity index (χ1v) is 5.37. The molecular formula is C12H17NO4. The Bertz CT molecular complexity index is 389. The third kappa shape index (κ3) is 4.30. The number of esters is 1. The number of hydrogen-bond donors (Lipinski definition) is 1. The maximum Gasteiger partial charge on any atom is 0.328 e. The van der Waals surface area contributed by atoms with Gasteiger partial charge in [0.05, 0.1) is 6.26 Å². The summed E-state index contributed by atoms with van der Waals surface area (Å²) in [6, 6.07) is 2.41. The van der Waals surface area contributed by atoms with Crippen molar-refractivity contribution in [3.05, 3.63) is 24.2 Å². The van der Waals surface area contributed by atoms with Gasteiger partial charge in [0.25, 0.3) is 5.91 Å². The molecule has 1 rings (SSSR count). The van der Waals surface area contributed by atoms with Crippen molar-refractivity contribution in [2.45, 2.75) is 39.3 Å². The monoisotopic (exact) mass is 239 g/mol. The minimum atomic E-state index is -0.716. The van der Waals surface area contributed by atoms with Gasteiger partial charge in [0.2, 0.25) is 0 Å². The largest absolute Gasteiger partial charge is 0.459 e. The highest BCUT2D eigenvalue weighted by Gasteiger charge is 2.23. The molecular weight excluding hydrogens is 222 g/mol. The molecule has 17 heavy (non-hydrogen) atoms. The van der Waals surface area contributed by atoms with Crippen molar-refractivity contribution >= 4 is 11.9 Å². The lowest BCUT2D eigenvalue weighted by molar-refractivity contribution is -0.156. The van der Waals surface area contributed by atoms with Gasteiger partial charge in [-0.15, -0.1) is 0 Å². The fraction of sp³-hybridized carbons (Fsp3) is 0.500. The molecule has 94 valence electrons. The van der Waals surface area contributed by atoms with Crippen molar-refractivity contribution in [3.8, 4) is 0 Å². The van der Waals surface area contributed by atoms with E-state index >= 15 is 0 Å². The van der Waals surface area contributed by atoms with Crippen molar-refractivity contribution in [1.29, 1.82) is 0 Å². The van der Waals surface area contributed by atoms with Crippen molar-refractivity contribution < 1.29 is 18.7 Å². The molecule has 0 spiro atoms. The van der Waals surface area contributed by atoms with E-state index in [1.165, 1.54) is 12.3 Å². The van der Waals surface area contributed by atoms with Crippen LogP contribution in [0.3, 0.4) is 0 Å². The predicted molar refractivity (Wildman–Crippen MR) is 61.5 cm³/mol. The Morgan fingerprint density at radius 3 is 2.53 bits per heavy atom. The lowest BCUT2D eigenvalue weighted by Gasteiger charge is -2.22. The summed E-state index contributed by atoms with van der Waals surface area (Å²) in [7, 11) is 0. The van der Waals surface area contributed by atoms with E-state index in [0.29, 0.717) is 0 Å². The summed E-state index contributed by atoms with van der Waals surface area (Å²) >= 11 is 0. The Morgan fingerprint density at radius 2 is 2.06 bits per heavy atom. The number of furan rings is 1. The zero-order valence-corrected chi connectivity index (χ0v) is 10.4. The van der Waals surface area contributed by atoms with Crippen LogP contribution in [0.25, 0.3) is 0 Å². The Labute approximate surface area is 100 Å². The zero-order valence-electron chi connectivity index (χ0n) is 10.4. The van der Waals surface area contributed by atoms with Crippen LogP contribution in [0.2, 0.25) is 0 Å². The lowest BCUT2D eigenvalue weighted by atomic mass is 10.2. The summed E-state index contributed by atoms with van der Waals surface area (Å²) in [6.45, 7) is 6.87. The maximum absolute atomic E-state index is 11.6. The molecule has 0 aliphatic heterocycles. The number of hydrogen-bond acceptors (Lipinski definition) is 4. The second-order valence-electron chi connectivity index (χ2n) is 4.71. The molecule has 5 heteroatoms. The van der Waals surface area contributed by atoms with Gasteiger partial charge in [-0.05, 0) is 39.8 Å². The highest BCUT2D eigenvalue weighted by Crippen LogP contribution is 2.08. The first-order chi connectivity index (χ1) is 7.79. The van der Waals surface area contributed by atoms with Gasteiger partial charge in [0.15, 0.2) is 5.76 Å². The molecule has 1 amide bonds. The van der Waals surface area contributed by atoms with E-state index in [1.807, 2.05) is 0 Å². The van der Waals surface area contributed by atoms with Gasteiger partial charge in [0.1, 0.15) is 11.6 Å². The van der Waals surface area contributed by atoms with Gasteiger partial charge < -0.3 is 14.5 Å². The molecule has 0 radical (unpaired) electrons. The predicted octanol–water partition coefficient (Wildman–Crippen LogP) is 1.74. The third-order valence-electron chi connectivity index (χ3n) is 1.85. The van der Waals surface area contributed by atoms with E-state index < -0.39 is 23.5 Å². The molecule has 0 aliphatic carbocycles. The van der Waals surface area contributed by atoms with Crippen LogP contribution < -0.4 is 5.32 Å². The number of nitrogens with one attached hydrogen (secondary N) is 1.